The number of aromatic nitrogens is 3. The summed E-state index contributed by atoms with van der Waals surface area (Å²) in [5, 5.41) is 18.1. The van der Waals surface area contributed by atoms with Gasteiger partial charge in [0, 0.05) is 35.5 Å². The quantitative estimate of drug-likeness (QED) is 0.214. The molecule has 9 heteroatoms. The monoisotopic (exact) mass is 464 g/mol. The Bertz CT molecular complexity index is 1370. The first kappa shape index (κ1) is 23.2. The minimum Gasteiger partial charge on any atom is -0.324 e. The molecule has 1 amide bonds. The summed E-state index contributed by atoms with van der Waals surface area (Å²) < 4.78 is 0. The van der Waals surface area contributed by atoms with E-state index in [0.29, 0.717) is 11.6 Å². The molecule has 2 heterocycles. The fourth-order valence-electron chi connectivity index (χ4n) is 3.18. The Morgan fingerprint density at radius 2 is 1.80 bits per heavy atom. The molecule has 0 atom stereocenters. The van der Waals surface area contributed by atoms with Crippen molar-refractivity contribution in [2.75, 3.05) is 16.1 Å². The van der Waals surface area contributed by atoms with Crippen LogP contribution in [0.3, 0.4) is 0 Å². The van der Waals surface area contributed by atoms with Crippen molar-refractivity contribution in [1.82, 2.24) is 15.0 Å². The van der Waals surface area contributed by atoms with Crippen LogP contribution < -0.4 is 16.1 Å². The number of amides is 1. The van der Waals surface area contributed by atoms with Crippen molar-refractivity contribution in [2.24, 2.45) is 5.10 Å². The Balaban J connectivity index is 1.51. The van der Waals surface area contributed by atoms with Gasteiger partial charge in [-0.05, 0) is 61.9 Å². The molecule has 0 saturated heterocycles. The van der Waals surface area contributed by atoms with Crippen molar-refractivity contribution in [3.05, 3.63) is 90.9 Å². The minimum atomic E-state index is -0.495. The van der Waals surface area contributed by atoms with E-state index in [1.807, 2.05) is 61.5 Å². The highest BCUT2D eigenvalue weighted by atomic mass is 16.2. The van der Waals surface area contributed by atoms with E-state index < -0.39 is 5.91 Å². The van der Waals surface area contributed by atoms with Gasteiger partial charge in [0.1, 0.15) is 0 Å². The van der Waals surface area contributed by atoms with Gasteiger partial charge in [0.25, 0.3) is 5.91 Å². The molecule has 0 aliphatic carbocycles. The molecule has 0 aliphatic heterocycles. The zero-order valence-corrected chi connectivity index (χ0v) is 19.3. The molecule has 4 aromatic rings. The number of para-hydroxylation sites is 1. The van der Waals surface area contributed by atoms with Crippen LogP contribution in [0.5, 0.6) is 0 Å². The lowest BCUT2D eigenvalue weighted by molar-refractivity contribution is -0.110. The number of rotatable bonds is 8. The number of hydrazone groups is 1. The highest BCUT2D eigenvalue weighted by Gasteiger charge is 2.15. The second kappa shape index (κ2) is 10.8. The molecule has 174 valence electrons. The topological polar surface area (TPSA) is 128 Å². The normalized spacial score (nSPS) is 11.0. The number of hydrogen-bond acceptors (Lipinski definition) is 8. The van der Waals surface area contributed by atoms with E-state index in [4.69, 9.17) is 5.41 Å². The number of carbonyl (C=O) groups is 1. The average molecular weight is 465 g/mol. The summed E-state index contributed by atoms with van der Waals surface area (Å²) in [7, 11) is 0. The zero-order chi connectivity index (χ0) is 24.6. The number of hydrogen-bond donors (Lipinski definition) is 4. The lowest BCUT2D eigenvalue weighted by atomic mass is 10.1. The maximum atomic E-state index is 12.9. The summed E-state index contributed by atoms with van der Waals surface area (Å²) in [6.07, 6.45) is 5.12. The number of pyridine rings is 1. The lowest BCUT2D eigenvalue weighted by Gasteiger charge is -2.13. The Morgan fingerprint density at radius 1 is 0.971 bits per heavy atom. The molecule has 2 aromatic carbocycles. The number of anilines is 4. The molecule has 4 rings (SSSR count). The van der Waals surface area contributed by atoms with Crippen LogP contribution in [0.25, 0.3) is 11.3 Å². The fraction of sp³-hybridized carbons (Fsp3) is 0.0769. The lowest BCUT2D eigenvalue weighted by Crippen LogP contribution is -2.29. The molecule has 0 bridgehead atoms. The van der Waals surface area contributed by atoms with Crippen molar-refractivity contribution >= 4 is 40.3 Å². The number of nitrogens with zero attached hydrogens (tertiary/aromatic N) is 4. The Kier molecular flexibility index (Phi) is 7.17. The summed E-state index contributed by atoms with van der Waals surface area (Å²) in [5.74, 6) is -0.0758. The third kappa shape index (κ3) is 6.11. The van der Waals surface area contributed by atoms with Crippen LogP contribution in [0.2, 0.25) is 0 Å². The van der Waals surface area contributed by atoms with E-state index in [1.165, 1.54) is 6.92 Å². The van der Waals surface area contributed by atoms with Crippen LogP contribution in [0.1, 0.15) is 12.5 Å². The summed E-state index contributed by atoms with van der Waals surface area (Å²) in [5.41, 5.74) is 7.40. The van der Waals surface area contributed by atoms with Gasteiger partial charge < -0.3 is 16.0 Å². The van der Waals surface area contributed by atoms with Gasteiger partial charge >= 0.3 is 0 Å². The SMILES string of the molecule is CC(=N)/C(=N\Nc1ccccc1)C(=O)Nc1ccc(C)c(Nc2nccc(-c3cccnc3)n2)c1. The molecule has 0 aliphatic rings. The van der Waals surface area contributed by atoms with Crippen LogP contribution in [0.15, 0.2) is 90.4 Å². The fourth-order valence-corrected chi connectivity index (χ4v) is 3.18. The van der Waals surface area contributed by atoms with E-state index in [9.17, 15) is 4.79 Å². The third-order valence-corrected chi connectivity index (χ3v) is 5.00. The molecule has 0 unspecified atom stereocenters. The summed E-state index contributed by atoms with van der Waals surface area (Å²) in [6, 6.07) is 20.3. The van der Waals surface area contributed by atoms with E-state index in [1.54, 1.807) is 30.7 Å². The van der Waals surface area contributed by atoms with E-state index in [-0.39, 0.29) is 11.4 Å². The Hall–Kier alpha value is -4.92. The molecule has 4 N–H and O–H groups in total. The molecule has 2 aromatic heterocycles. The number of aryl methyl sites for hydroxylation is 1. The molecular weight excluding hydrogens is 440 g/mol. The van der Waals surface area contributed by atoms with Gasteiger partial charge in [-0.2, -0.15) is 5.10 Å². The number of nitrogens with one attached hydrogen (secondary N) is 4. The number of carbonyl (C=O) groups excluding carboxylic acids is 1. The van der Waals surface area contributed by atoms with Gasteiger partial charge in [-0.1, -0.05) is 24.3 Å². The van der Waals surface area contributed by atoms with Crippen molar-refractivity contribution in [1.29, 1.82) is 5.41 Å². The van der Waals surface area contributed by atoms with Crippen molar-refractivity contribution in [2.45, 2.75) is 13.8 Å². The largest absolute Gasteiger partial charge is 0.324 e. The van der Waals surface area contributed by atoms with Crippen molar-refractivity contribution in [3.63, 3.8) is 0 Å². The summed E-state index contributed by atoms with van der Waals surface area (Å²) in [4.78, 5) is 25.9. The van der Waals surface area contributed by atoms with Crippen molar-refractivity contribution in [3.8, 4) is 11.3 Å². The van der Waals surface area contributed by atoms with Gasteiger partial charge in [-0.15, -0.1) is 0 Å². The predicted octanol–water partition coefficient (Wildman–Crippen LogP) is 5.04. The number of benzene rings is 2. The maximum absolute atomic E-state index is 12.9. The molecule has 0 saturated carbocycles. The van der Waals surface area contributed by atoms with E-state index >= 15 is 0 Å². The van der Waals surface area contributed by atoms with Crippen LogP contribution >= 0.6 is 0 Å². The standard InChI is InChI=1S/C26H24N8O/c1-17-10-11-21(30-25(35)24(18(2)27)34-33-20-8-4-3-5-9-20)15-23(17)32-26-29-14-12-22(31-26)19-7-6-13-28-16-19/h3-16,27,33H,1-2H3,(H,30,35)(H,29,31,32)/b27-18?,34-24+. The van der Waals surface area contributed by atoms with Gasteiger partial charge in [-0.3, -0.25) is 15.2 Å². The summed E-state index contributed by atoms with van der Waals surface area (Å²) >= 11 is 0. The first-order valence-corrected chi connectivity index (χ1v) is 10.9. The Morgan fingerprint density at radius 3 is 2.54 bits per heavy atom. The maximum Gasteiger partial charge on any atom is 0.277 e. The van der Waals surface area contributed by atoms with Gasteiger partial charge in [0.05, 0.1) is 17.1 Å². The van der Waals surface area contributed by atoms with Gasteiger partial charge in [0.2, 0.25) is 5.95 Å². The minimum absolute atomic E-state index is 0.0172. The predicted molar refractivity (Wildman–Crippen MR) is 139 cm³/mol. The molecule has 0 fully saturated rings. The summed E-state index contributed by atoms with van der Waals surface area (Å²) in [6.45, 7) is 3.46. The second-order valence-electron chi connectivity index (χ2n) is 7.68. The second-order valence-corrected chi connectivity index (χ2v) is 7.68. The van der Waals surface area contributed by atoms with Gasteiger partial charge in [0.15, 0.2) is 5.71 Å². The smallest absolute Gasteiger partial charge is 0.277 e. The van der Waals surface area contributed by atoms with E-state index in [0.717, 1.165) is 28.2 Å². The molecular formula is C26H24N8O. The van der Waals surface area contributed by atoms with E-state index in [2.05, 4.69) is 36.1 Å². The molecule has 0 radical (unpaired) electrons. The zero-order valence-electron chi connectivity index (χ0n) is 19.3. The highest BCUT2D eigenvalue weighted by Crippen LogP contribution is 2.24. The van der Waals surface area contributed by atoms with Gasteiger partial charge in [-0.25, -0.2) is 9.97 Å². The van der Waals surface area contributed by atoms with Crippen LogP contribution in [0, 0.1) is 12.3 Å². The van der Waals surface area contributed by atoms with Crippen LogP contribution in [0.4, 0.5) is 23.0 Å². The third-order valence-electron chi connectivity index (χ3n) is 5.00. The molecule has 35 heavy (non-hydrogen) atoms. The molecule has 9 nitrogen and oxygen atoms in total. The van der Waals surface area contributed by atoms with Crippen LogP contribution in [-0.2, 0) is 4.79 Å². The van der Waals surface area contributed by atoms with Crippen LogP contribution in [-0.4, -0.2) is 32.3 Å². The highest BCUT2D eigenvalue weighted by molar-refractivity contribution is 6.67. The van der Waals surface area contributed by atoms with Crippen molar-refractivity contribution < 1.29 is 4.79 Å². The molecule has 0 spiro atoms. The average Bonchev–Trinajstić information content (AvgIpc) is 2.87. The Labute approximate surface area is 202 Å². The first-order valence-electron chi connectivity index (χ1n) is 10.9. The first-order chi connectivity index (χ1) is 17.0.